The summed E-state index contributed by atoms with van der Waals surface area (Å²) in [4.78, 5) is 30.5. The Kier molecular flexibility index (Phi) is 3.23. The van der Waals surface area contributed by atoms with E-state index in [-0.39, 0.29) is 11.2 Å². The summed E-state index contributed by atoms with van der Waals surface area (Å²) < 4.78 is 1.51. The van der Waals surface area contributed by atoms with Crippen molar-refractivity contribution in [3.63, 3.8) is 0 Å². The second-order valence-corrected chi connectivity index (χ2v) is 5.06. The largest absolute Gasteiger partial charge is 0.328 e. The Morgan fingerprint density at radius 3 is 2.82 bits per heavy atom. The van der Waals surface area contributed by atoms with Gasteiger partial charge < -0.3 is 0 Å². The van der Waals surface area contributed by atoms with Gasteiger partial charge in [0.1, 0.15) is 0 Å². The van der Waals surface area contributed by atoms with Crippen LogP contribution in [0.5, 0.6) is 0 Å². The highest BCUT2D eigenvalue weighted by molar-refractivity contribution is 7.11. The van der Waals surface area contributed by atoms with Crippen molar-refractivity contribution in [3.05, 3.63) is 48.7 Å². The molecular weight excluding hydrogens is 238 g/mol. The molecule has 0 radical (unpaired) electrons. The van der Waals surface area contributed by atoms with Crippen molar-refractivity contribution in [1.82, 2.24) is 14.5 Å². The number of thiazole rings is 1. The van der Waals surface area contributed by atoms with Gasteiger partial charge in [0.15, 0.2) is 0 Å². The zero-order valence-corrected chi connectivity index (χ0v) is 10.5. The number of hydrogen-bond donors (Lipinski definition) is 1. The van der Waals surface area contributed by atoms with E-state index in [2.05, 4.69) is 9.97 Å². The molecule has 0 amide bonds. The third kappa shape index (κ3) is 2.52. The molecule has 0 unspecified atom stereocenters. The van der Waals surface area contributed by atoms with Crippen LogP contribution in [0.25, 0.3) is 0 Å². The SMILES string of the molecule is CCc1cn(Cc2cnc(C)s2)c(=O)[nH]c1=O. The van der Waals surface area contributed by atoms with Gasteiger partial charge in [0.2, 0.25) is 0 Å². The van der Waals surface area contributed by atoms with Crippen molar-refractivity contribution in [2.75, 3.05) is 0 Å². The first-order valence-electron chi connectivity index (χ1n) is 5.34. The molecular formula is C11H13N3O2S. The van der Waals surface area contributed by atoms with Gasteiger partial charge in [0.25, 0.3) is 5.56 Å². The van der Waals surface area contributed by atoms with Crippen LogP contribution in [0.3, 0.4) is 0 Å². The highest BCUT2D eigenvalue weighted by atomic mass is 32.1. The minimum Gasteiger partial charge on any atom is -0.295 e. The Bertz CT molecular complexity index is 639. The van der Waals surface area contributed by atoms with E-state index in [0.29, 0.717) is 18.5 Å². The number of aryl methyl sites for hydroxylation is 2. The maximum absolute atomic E-state index is 11.6. The Morgan fingerprint density at radius 1 is 1.47 bits per heavy atom. The van der Waals surface area contributed by atoms with Crippen LogP contribution in [0.1, 0.15) is 22.4 Å². The van der Waals surface area contributed by atoms with Crippen LogP contribution in [0, 0.1) is 6.92 Å². The lowest BCUT2D eigenvalue weighted by molar-refractivity contribution is 0.714. The smallest absolute Gasteiger partial charge is 0.295 e. The molecule has 6 heteroatoms. The third-order valence-electron chi connectivity index (χ3n) is 2.46. The van der Waals surface area contributed by atoms with Gasteiger partial charge in [-0.05, 0) is 13.3 Å². The summed E-state index contributed by atoms with van der Waals surface area (Å²) in [5.41, 5.74) is -0.0571. The molecule has 17 heavy (non-hydrogen) atoms. The van der Waals surface area contributed by atoms with Gasteiger partial charge in [-0.1, -0.05) is 6.92 Å². The fourth-order valence-electron chi connectivity index (χ4n) is 1.57. The Morgan fingerprint density at radius 2 is 2.24 bits per heavy atom. The first-order valence-corrected chi connectivity index (χ1v) is 6.15. The quantitative estimate of drug-likeness (QED) is 0.881. The van der Waals surface area contributed by atoms with Gasteiger partial charge in [0.05, 0.1) is 11.6 Å². The predicted molar refractivity (Wildman–Crippen MR) is 66.7 cm³/mol. The molecule has 2 rings (SSSR count). The van der Waals surface area contributed by atoms with Crippen molar-refractivity contribution in [3.8, 4) is 0 Å². The Labute approximate surface area is 102 Å². The topological polar surface area (TPSA) is 67.8 Å². The summed E-state index contributed by atoms with van der Waals surface area (Å²) in [5.74, 6) is 0. The molecule has 2 heterocycles. The van der Waals surface area contributed by atoms with Crippen LogP contribution in [-0.2, 0) is 13.0 Å². The van der Waals surface area contributed by atoms with Gasteiger partial charge in [-0.15, -0.1) is 11.3 Å². The summed E-state index contributed by atoms with van der Waals surface area (Å²) in [6.45, 7) is 4.26. The average molecular weight is 251 g/mol. The van der Waals surface area contributed by atoms with Gasteiger partial charge in [-0.2, -0.15) is 0 Å². The van der Waals surface area contributed by atoms with Crippen LogP contribution >= 0.6 is 11.3 Å². The second kappa shape index (κ2) is 4.67. The maximum atomic E-state index is 11.6. The van der Waals surface area contributed by atoms with Crippen molar-refractivity contribution in [1.29, 1.82) is 0 Å². The lowest BCUT2D eigenvalue weighted by Crippen LogP contribution is -2.31. The molecule has 0 aromatic carbocycles. The van der Waals surface area contributed by atoms with Crippen LogP contribution < -0.4 is 11.2 Å². The van der Waals surface area contributed by atoms with Crippen LogP contribution in [-0.4, -0.2) is 14.5 Å². The molecule has 0 fully saturated rings. The van der Waals surface area contributed by atoms with E-state index in [1.165, 1.54) is 4.57 Å². The molecule has 2 aromatic heterocycles. The summed E-state index contributed by atoms with van der Waals surface area (Å²) in [6, 6.07) is 0. The average Bonchev–Trinajstić information content (AvgIpc) is 2.68. The first-order chi connectivity index (χ1) is 8.10. The van der Waals surface area contributed by atoms with Crippen molar-refractivity contribution in [2.24, 2.45) is 0 Å². The molecule has 0 atom stereocenters. The number of hydrogen-bond acceptors (Lipinski definition) is 4. The van der Waals surface area contributed by atoms with E-state index in [1.807, 2.05) is 13.8 Å². The molecule has 0 aliphatic heterocycles. The van der Waals surface area contributed by atoms with Crippen molar-refractivity contribution in [2.45, 2.75) is 26.8 Å². The highest BCUT2D eigenvalue weighted by Crippen LogP contribution is 2.12. The third-order valence-corrected chi connectivity index (χ3v) is 3.36. The van der Waals surface area contributed by atoms with Gasteiger partial charge >= 0.3 is 5.69 Å². The van der Waals surface area contributed by atoms with Gasteiger partial charge in [0, 0.05) is 22.8 Å². The molecule has 0 aliphatic rings. The molecule has 90 valence electrons. The Hall–Kier alpha value is -1.69. The summed E-state index contributed by atoms with van der Waals surface area (Å²) in [7, 11) is 0. The lowest BCUT2D eigenvalue weighted by atomic mass is 10.2. The highest BCUT2D eigenvalue weighted by Gasteiger charge is 2.05. The van der Waals surface area contributed by atoms with Crippen LogP contribution in [0.4, 0.5) is 0 Å². The Balaban J connectivity index is 2.39. The van der Waals surface area contributed by atoms with Crippen molar-refractivity contribution >= 4 is 11.3 Å². The fraction of sp³-hybridized carbons (Fsp3) is 0.364. The number of rotatable bonds is 3. The van der Waals surface area contributed by atoms with E-state index in [9.17, 15) is 9.59 Å². The normalized spacial score (nSPS) is 10.7. The molecule has 0 saturated carbocycles. The number of nitrogens with zero attached hydrogens (tertiary/aromatic N) is 2. The predicted octanol–water partition coefficient (Wildman–Crippen LogP) is 0.912. The first kappa shape index (κ1) is 11.8. The number of aromatic nitrogens is 3. The standard InChI is InChI=1S/C11H13N3O2S/c1-3-8-5-14(11(16)13-10(8)15)6-9-4-12-7(2)17-9/h4-5H,3,6H2,1-2H3,(H,13,15,16). The van der Waals surface area contributed by atoms with E-state index in [0.717, 1.165) is 9.88 Å². The van der Waals surface area contributed by atoms with Gasteiger partial charge in [-0.3, -0.25) is 14.3 Å². The van der Waals surface area contributed by atoms with E-state index < -0.39 is 0 Å². The number of nitrogens with one attached hydrogen (secondary N) is 1. The summed E-state index contributed by atoms with van der Waals surface area (Å²) >= 11 is 1.55. The lowest BCUT2D eigenvalue weighted by Gasteiger charge is -2.04. The minimum atomic E-state index is -0.377. The fourth-order valence-corrected chi connectivity index (χ4v) is 2.36. The minimum absolute atomic E-state index is 0.297. The molecule has 2 aromatic rings. The van der Waals surface area contributed by atoms with Crippen LogP contribution in [0.15, 0.2) is 22.0 Å². The number of aromatic amines is 1. The van der Waals surface area contributed by atoms with E-state index in [4.69, 9.17) is 0 Å². The van der Waals surface area contributed by atoms with Gasteiger partial charge in [-0.25, -0.2) is 9.78 Å². The molecule has 1 N–H and O–H groups in total. The summed E-state index contributed by atoms with van der Waals surface area (Å²) in [5, 5.41) is 0.966. The van der Waals surface area contributed by atoms with E-state index in [1.54, 1.807) is 23.7 Å². The molecule has 0 aliphatic carbocycles. The summed E-state index contributed by atoms with van der Waals surface area (Å²) in [6.07, 6.45) is 3.98. The molecule has 0 spiro atoms. The number of H-pyrrole nitrogens is 1. The maximum Gasteiger partial charge on any atom is 0.328 e. The monoisotopic (exact) mass is 251 g/mol. The van der Waals surface area contributed by atoms with E-state index >= 15 is 0 Å². The second-order valence-electron chi connectivity index (χ2n) is 3.74. The van der Waals surface area contributed by atoms with Crippen LogP contribution in [0.2, 0.25) is 0 Å². The molecule has 0 bridgehead atoms. The van der Waals surface area contributed by atoms with Crippen molar-refractivity contribution < 1.29 is 0 Å². The zero-order chi connectivity index (χ0) is 12.4. The zero-order valence-electron chi connectivity index (χ0n) is 9.69. The molecule has 0 saturated heterocycles. The molecule has 5 nitrogen and oxygen atoms in total.